The Morgan fingerprint density at radius 1 is 1.06 bits per heavy atom. The summed E-state index contributed by atoms with van der Waals surface area (Å²) in [6, 6.07) is 11.2. The maximum atomic E-state index is 12.9. The molecule has 0 amide bonds. The SMILES string of the molecule is CN1CCN(S(=O)(=O)c2ccc(Nc3nc(N)c(C(=O)c4c(Cl)cccc4Cl)s3)cc2)CC1. The minimum Gasteiger partial charge on any atom is -0.382 e. The van der Waals surface area contributed by atoms with Gasteiger partial charge in [0.25, 0.3) is 0 Å². The van der Waals surface area contributed by atoms with Gasteiger partial charge in [0.1, 0.15) is 10.7 Å². The molecule has 3 N–H and O–H groups in total. The maximum absolute atomic E-state index is 12.9. The van der Waals surface area contributed by atoms with E-state index in [1.165, 1.54) is 4.31 Å². The highest BCUT2D eigenvalue weighted by molar-refractivity contribution is 7.89. The molecule has 4 rings (SSSR count). The normalized spacial score (nSPS) is 15.5. The minimum atomic E-state index is -3.55. The fourth-order valence-electron chi connectivity index (χ4n) is 3.39. The van der Waals surface area contributed by atoms with Crippen molar-refractivity contribution in [3.05, 3.63) is 63.0 Å². The van der Waals surface area contributed by atoms with E-state index in [1.807, 2.05) is 7.05 Å². The van der Waals surface area contributed by atoms with Crippen molar-refractivity contribution in [1.29, 1.82) is 0 Å². The number of nitrogens with one attached hydrogen (secondary N) is 1. The van der Waals surface area contributed by atoms with Crippen molar-refractivity contribution in [1.82, 2.24) is 14.2 Å². The molecular weight excluding hydrogens is 505 g/mol. The van der Waals surface area contributed by atoms with Gasteiger partial charge in [-0.3, -0.25) is 4.79 Å². The van der Waals surface area contributed by atoms with E-state index in [2.05, 4.69) is 15.2 Å². The molecule has 33 heavy (non-hydrogen) atoms. The van der Waals surface area contributed by atoms with Crippen molar-refractivity contribution in [2.24, 2.45) is 0 Å². The van der Waals surface area contributed by atoms with Gasteiger partial charge in [0.15, 0.2) is 5.13 Å². The third-order valence-corrected chi connectivity index (χ3v) is 8.78. The number of aromatic nitrogens is 1. The zero-order valence-corrected chi connectivity index (χ0v) is 20.7. The van der Waals surface area contributed by atoms with E-state index in [4.69, 9.17) is 28.9 Å². The summed E-state index contributed by atoms with van der Waals surface area (Å²) in [5.41, 5.74) is 6.75. The van der Waals surface area contributed by atoms with Crippen LogP contribution in [0.25, 0.3) is 0 Å². The van der Waals surface area contributed by atoms with Crippen LogP contribution in [0.3, 0.4) is 0 Å². The number of nitrogens with zero attached hydrogens (tertiary/aromatic N) is 3. The molecule has 2 heterocycles. The second kappa shape index (κ2) is 9.57. The number of carbonyl (C=O) groups excluding carboxylic acids is 1. The number of hydrogen-bond donors (Lipinski definition) is 2. The third kappa shape index (κ3) is 5.01. The highest BCUT2D eigenvalue weighted by atomic mass is 35.5. The van der Waals surface area contributed by atoms with Gasteiger partial charge in [0, 0.05) is 31.9 Å². The van der Waals surface area contributed by atoms with Crippen molar-refractivity contribution in [3.8, 4) is 0 Å². The number of nitrogen functional groups attached to an aromatic ring is 1. The lowest BCUT2D eigenvalue weighted by Crippen LogP contribution is -2.46. The molecule has 0 saturated carbocycles. The Kier molecular flexibility index (Phi) is 6.94. The van der Waals surface area contributed by atoms with Gasteiger partial charge >= 0.3 is 0 Å². The number of carbonyl (C=O) groups is 1. The van der Waals surface area contributed by atoms with Gasteiger partial charge in [-0.15, -0.1) is 0 Å². The molecule has 0 unspecified atom stereocenters. The summed E-state index contributed by atoms with van der Waals surface area (Å²) >= 11 is 13.4. The van der Waals surface area contributed by atoms with Crippen LogP contribution >= 0.6 is 34.5 Å². The molecule has 1 aliphatic rings. The van der Waals surface area contributed by atoms with E-state index >= 15 is 0 Å². The van der Waals surface area contributed by atoms with Crippen molar-refractivity contribution < 1.29 is 13.2 Å². The van der Waals surface area contributed by atoms with Gasteiger partial charge in [-0.25, -0.2) is 13.4 Å². The Bertz CT molecular complexity index is 1270. The van der Waals surface area contributed by atoms with Crippen LogP contribution < -0.4 is 11.1 Å². The first-order valence-corrected chi connectivity index (χ1v) is 13.0. The number of halogens is 2. The Morgan fingerprint density at radius 3 is 2.27 bits per heavy atom. The quantitative estimate of drug-likeness (QED) is 0.469. The molecular formula is C21H21Cl2N5O3S2. The highest BCUT2D eigenvalue weighted by Gasteiger charge is 2.27. The molecule has 0 radical (unpaired) electrons. The molecule has 0 atom stereocenters. The molecule has 8 nitrogen and oxygen atoms in total. The predicted molar refractivity (Wildman–Crippen MR) is 132 cm³/mol. The highest BCUT2D eigenvalue weighted by Crippen LogP contribution is 2.34. The molecule has 0 aliphatic carbocycles. The summed E-state index contributed by atoms with van der Waals surface area (Å²) in [7, 11) is -1.58. The number of sulfonamides is 1. The van der Waals surface area contributed by atoms with Gasteiger partial charge < -0.3 is 16.0 Å². The van der Waals surface area contributed by atoms with E-state index in [-0.39, 0.29) is 31.2 Å². The van der Waals surface area contributed by atoms with Crippen LogP contribution in [0.15, 0.2) is 47.4 Å². The number of piperazine rings is 1. The molecule has 0 spiro atoms. The van der Waals surface area contributed by atoms with Crippen LogP contribution in [-0.2, 0) is 10.0 Å². The molecule has 0 bridgehead atoms. The van der Waals surface area contributed by atoms with E-state index in [0.717, 1.165) is 11.3 Å². The summed E-state index contributed by atoms with van der Waals surface area (Å²) in [4.78, 5) is 19.7. The first-order chi connectivity index (χ1) is 15.7. The van der Waals surface area contributed by atoms with Crippen LogP contribution in [0.4, 0.5) is 16.6 Å². The Morgan fingerprint density at radius 2 is 1.67 bits per heavy atom. The van der Waals surface area contributed by atoms with E-state index in [0.29, 0.717) is 37.0 Å². The lowest BCUT2D eigenvalue weighted by atomic mass is 10.1. The number of anilines is 3. The lowest BCUT2D eigenvalue weighted by Gasteiger charge is -2.31. The topological polar surface area (TPSA) is 109 Å². The summed E-state index contributed by atoms with van der Waals surface area (Å²) in [6.45, 7) is 2.32. The van der Waals surface area contributed by atoms with Crippen molar-refractivity contribution >= 4 is 67.0 Å². The van der Waals surface area contributed by atoms with Gasteiger partial charge in [-0.05, 0) is 43.4 Å². The van der Waals surface area contributed by atoms with Crippen molar-refractivity contribution in [2.75, 3.05) is 44.3 Å². The molecule has 12 heteroatoms. The Labute approximate surface area is 206 Å². The van der Waals surface area contributed by atoms with E-state index in [9.17, 15) is 13.2 Å². The number of hydrogen-bond acceptors (Lipinski definition) is 8. The number of likely N-dealkylation sites (N-methyl/N-ethyl adjacent to an activating group) is 1. The van der Waals surface area contributed by atoms with Crippen LogP contribution in [0.2, 0.25) is 10.0 Å². The summed E-state index contributed by atoms with van der Waals surface area (Å²) in [5.74, 6) is -0.361. The molecule has 1 aliphatic heterocycles. The number of benzene rings is 2. The van der Waals surface area contributed by atoms with Gasteiger partial charge in [-0.2, -0.15) is 4.31 Å². The fraction of sp³-hybridized carbons (Fsp3) is 0.238. The van der Waals surface area contributed by atoms with Crippen LogP contribution in [0.5, 0.6) is 0 Å². The molecule has 2 aromatic carbocycles. The third-order valence-electron chi connectivity index (χ3n) is 5.26. The molecule has 3 aromatic rings. The molecule has 1 fully saturated rings. The average Bonchev–Trinajstić information content (AvgIpc) is 3.14. The van der Waals surface area contributed by atoms with Crippen LogP contribution in [0.1, 0.15) is 15.2 Å². The first kappa shape index (κ1) is 23.9. The number of thiazole rings is 1. The molecule has 174 valence electrons. The van der Waals surface area contributed by atoms with E-state index < -0.39 is 15.8 Å². The average molecular weight is 526 g/mol. The minimum absolute atomic E-state index is 0.0535. The van der Waals surface area contributed by atoms with Crippen LogP contribution in [-0.4, -0.2) is 61.6 Å². The van der Waals surface area contributed by atoms with Crippen molar-refractivity contribution in [2.45, 2.75) is 4.90 Å². The molecule has 1 aromatic heterocycles. The van der Waals surface area contributed by atoms with Crippen molar-refractivity contribution in [3.63, 3.8) is 0 Å². The fourth-order valence-corrected chi connectivity index (χ4v) is 6.23. The number of nitrogens with two attached hydrogens (primary N) is 1. The summed E-state index contributed by atoms with van der Waals surface area (Å²) in [5, 5.41) is 3.90. The first-order valence-electron chi connectivity index (χ1n) is 9.97. The standard InChI is InChI=1S/C21H21Cl2N5O3S2/c1-27-9-11-28(12-10-27)33(30,31)14-7-5-13(6-8-14)25-21-26-20(24)19(32-21)18(29)17-15(22)3-2-4-16(17)23/h2-8H,9-12,24H2,1H3,(H,25,26). The Hall–Kier alpha value is -2.21. The maximum Gasteiger partial charge on any atom is 0.243 e. The second-order valence-corrected chi connectivity index (χ2v) is 11.3. The zero-order chi connectivity index (χ0) is 23.8. The lowest BCUT2D eigenvalue weighted by molar-refractivity contribution is 0.104. The molecule has 1 saturated heterocycles. The van der Waals surface area contributed by atoms with Gasteiger partial charge in [0.05, 0.1) is 20.5 Å². The van der Waals surface area contributed by atoms with Crippen LogP contribution in [0, 0.1) is 0 Å². The monoisotopic (exact) mass is 525 g/mol. The van der Waals surface area contributed by atoms with Gasteiger partial charge in [-0.1, -0.05) is 40.6 Å². The van der Waals surface area contributed by atoms with E-state index in [1.54, 1.807) is 42.5 Å². The summed E-state index contributed by atoms with van der Waals surface area (Å²) < 4.78 is 27.2. The zero-order valence-electron chi connectivity index (χ0n) is 17.6. The smallest absolute Gasteiger partial charge is 0.243 e. The second-order valence-electron chi connectivity index (χ2n) is 7.52. The Balaban J connectivity index is 1.51. The van der Waals surface area contributed by atoms with Gasteiger partial charge in [0.2, 0.25) is 15.8 Å². The number of rotatable bonds is 6. The summed E-state index contributed by atoms with van der Waals surface area (Å²) in [6.07, 6.45) is 0. The number of ketones is 1. The predicted octanol–water partition coefficient (Wildman–Crippen LogP) is 3.94. The largest absolute Gasteiger partial charge is 0.382 e.